The summed E-state index contributed by atoms with van der Waals surface area (Å²) in [6, 6.07) is 8.46. The van der Waals surface area contributed by atoms with Crippen molar-refractivity contribution in [1.29, 1.82) is 0 Å². The van der Waals surface area contributed by atoms with Gasteiger partial charge in [0.05, 0.1) is 8.07 Å². The summed E-state index contributed by atoms with van der Waals surface area (Å²) in [5.41, 5.74) is 1.15. The molecule has 0 fully saturated rings. The van der Waals surface area contributed by atoms with Crippen LogP contribution in [-0.4, -0.2) is 13.9 Å². The second kappa shape index (κ2) is 4.09. The SMILES string of the molecule is CC(=O)Cc1cccc([Si](C)(C)C)c1. The molecule has 0 amide bonds. The van der Waals surface area contributed by atoms with E-state index in [9.17, 15) is 4.79 Å². The molecule has 0 spiro atoms. The van der Waals surface area contributed by atoms with Gasteiger partial charge in [0.25, 0.3) is 0 Å². The Morgan fingerprint density at radius 2 is 1.93 bits per heavy atom. The van der Waals surface area contributed by atoms with Crippen molar-refractivity contribution in [1.82, 2.24) is 0 Å². The van der Waals surface area contributed by atoms with Gasteiger partial charge in [0, 0.05) is 6.42 Å². The van der Waals surface area contributed by atoms with Crippen molar-refractivity contribution in [3.63, 3.8) is 0 Å². The van der Waals surface area contributed by atoms with Gasteiger partial charge >= 0.3 is 0 Å². The van der Waals surface area contributed by atoms with E-state index in [0.29, 0.717) is 6.42 Å². The van der Waals surface area contributed by atoms with Crippen molar-refractivity contribution in [2.24, 2.45) is 0 Å². The van der Waals surface area contributed by atoms with Gasteiger partial charge in [-0.15, -0.1) is 0 Å². The summed E-state index contributed by atoms with van der Waals surface area (Å²) in [5, 5.41) is 1.43. The molecule has 0 unspecified atom stereocenters. The van der Waals surface area contributed by atoms with E-state index >= 15 is 0 Å². The van der Waals surface area contributed by atoms with E-state index in [0.717, 1.165) is 5.56 Å². The highest BCUT2D eigenvalue weighted by Crippen LogP contribution is 2.05. The zero-order valence-electron chi connectivity index (χ0n) is 9.42. The molecule has 1 aromatic rings. The second-order valence-electron chi connectivity index (χ2n) is 4.83. The lowest BCUT2D eigenvalue weighted by Crippen LogP contribution is -2.37. The summed E-state index contributed by atoms with van der Waals surface area (Å²) >= 11 is 0. The highest BCUT2D eigenvalue weighted by molar-refractivity contribution is 6.88. The molecule has 0 atom stereocenters. The molecule has 2 heteroatoms. The lowest BCUT2D eigenvalue weighted by Gasteiger charge is -2.17. The Hall–Kier alpha value is -0.893. The van der Waals surface area contributed by atoms with Crippen molar-refractivity contribution < 1.29 is 4.79 Å². The smallest absolute Gasteiger partial charge is 0.134 e. The van der Waals surface area contributed by atoms with Crippen molar-refractivity contribution in [3.05, 3.63) is 29.8 Å². The molecule has 0 aliphatic rings. The predicted molar refractivity (Wildman–Crippen MR) is 63.8 cm³/mol. The van der Waals surface area contributed by atoms with Crippen LogP contribution in [0.2, 0.25) is 19.6 Å². The van der Waals surface area contributed by atoms with Crippen molar-refractivity contribution in [3.8, 4) is 0 Å². The minimum Gasteiger partial charge on any atom is -0.300 e. The quantitative estimate of drug-likeness (QED) is 0.694. The van der Waals surface area contributed by atoms with E-state index in [-0.39, 0.29) is 5.78 Å². The van der Waals surface area contributed by atoms with E-state index in [1.807, 2.05) is 6.07 Å². The van der Waals surface area contributed by atoms with Gasteiger partial charge in [0.2, 0.25) is 0 Å². The molecule has 1 nitrogen and oxygen atoms in total. The molecule has 0 aromatic heterocycles. The van der Waals surface area contributed by atoms with Crippen LogP contribution in [0.25, 0.3) is 0 Å². The van der Waals surface area contributed by atoms with Gasteiger partial charge in [-0.1, -0.05) is 49.1 Å². The largest absolute Gasteiger partial charge is 0.300 e. The van der Waals surface area contributed by atoms with Gasteiger partial charge in [-0.2, -0.15) is 0 Å². The molecule has 0 bridgehead atoms. The van der Waals surface area contributed by atoms with Gasteiger partial charge in [-0.3, -0.25) is 4.79 Å². The minimum absolute atomic E-state index is 0.234. The molecule has 0 aliphatic carbocycles. The Bertz CT molecular complexity index is 336. The summed E-state index contributed by atoms with van der Waals surface area (Å²) in [5.74, 6) is 0.234. The number of benzene rings is 1. The maximum Gasteiger partial charge on any atom is 0.134 e. The van der Waals surface area contributed by atoms with Crippen LogP contribution in [0, 0.1) is 0 Å². The number of Topliss-reactive ketones (excluding diaryl/α,β-unsaturated/α-hetero) is 1. The average molecular weight is 206 g/mol. The van der Waals surface area contributed by atoms with Crippen molar-refractivity contribution >= 4 is 19.0 Å². The Kier molecular flexibility index (Phi) is 3.27. The first kappa shape index (κ1) is 11.2. The number of hydrogen-bond acceptors (Lipinski definition) is 1. The maximum atomic E-state index is 11.0. The molecule has 0 saturated heterocycles. The Morgan fingerprint density at radius 3 is 2.43 bits per heavy atom. The zero-order chi connectivity index (χ0) is 10.8. The number of hydrogen-bond donors (Lipinski definition) is 0. The van der Waals surface area contributed by atoms with Crippen LogP contribution < -0.4 is 5.19 Å². The summed E-state index contributed by atoms with van der Waals surface area (Å²) < 4.78 is 0. The average Bonchev–Trinajstić information content (AvgIpc) is 2.01. The summed E-state index contributed by atoms with van der Waals surface area (Å²) in [6.45, 7) is 8.60. The van der Waals surface area contributed by atoms with E-state index in [1.54, 1.807) is 6.92 Å². The van der Waals surface area contributed by atoms with Crippen LogP contribution in [0.15, 0.2) is 24.3 Å². The van der Waals surface area contributed by atoms with E-state index < -0.39 is 8.07 Å². The van der Waals surface area contributed by atoms with Gasteiger partial charge in [0.15, 0.2) is 0 Å². The highest BCUT2D eigenvalue weighted by atomic mass is 28.3. The van der Waals surface area contributed by atoms with Crippen LogP contribution in [0.1, 0.15) is 12.5 Å². The Balaban J connectivity index is 2.95. The predicted octanol–water partition coefficient (Wildman–Crippen LogP) is 2.36. The molecule has 0 radical (unpaired) electrons. The monoisotopic (exact) mass is 206 g/mol. The lowest BCUT2D eigenvalue weighted by atomic mass is 10.1. The van der Waals surface area contributed by atoms with Crippen LogP contribution in [0.3, 0.4) is 0 Å². The number of ketones is 1. The molecule has 0 aliphatic heterocycles. The van der Waals surface area contributed by atoms with E-state index in [4.69, 9.17) is 0 Å². The topological polar surface area (TPSA) is 17.1 Å². The first-order valence-corrected chi connectivity index (χ1v) is 8.48. The first-order valence-electron chi connectivity index (χ1n) is 4.98. The number of carbonyl (C=O) groups excluding carboxylic acids is 1. The molecular weight excluding hydrogens is 188 g/mol. The third kappa shape index (κ3) is 3.11. The molecule has 0 N–H and O–H groups in total. The third-order valence-corrected chi connectivity index (χ3v) is 4.29. The van der Waals surface area contributed by atoms with Crippen LogP contribution in [0.5, 0.6) is 0 Å². The fourth-order valence-corrected chi connectivity index (χ4v) is 2.65. The fraction of sp³-hybridized carbons (Fsp3) is 0.417. The highest BCUT2D eigenvalue weighted by Gasteiger charge is 2.16. The first-order chi connectivity index (χ1) is 6.39. The summed E-state index contributed by atoms with van der Waals surface area (Å²) in [4.78, 5) is 11.0. The molecule has 1 rings (SSSR count). The van der Waals surface area contributed by atoms with E-state index in [2.05, 4.69) is 37.8 Å². The molecule has 14 heavy (non-hydrogen) atoms. The van der Waals surface area contributed by atoms with Crippen molar-refractivity contribution in [2.75, 3.05) is 0 Å². The normalized spacial score (nSPS) is 11.4. The zero-order valence-corrected chi connectivity index (χ0v) is 10.4. The molecule has 76 valence electrons. The number of rotatable bonds is 3. The summed E-state index contributed by atoms with van der Waals surface area (Å²) in [6.07, 6.45) is 0.568. The van der Waals surface area contributed by atoms with Crippen LogP contribution >= 0.6 is 0 Å². The van der Waals surface area contributed by atoms with Gasteiger partial charge in [-0.25, -0.2) is 0 Å². The molecule has 0 heterocycles. The third-order valence-electron chi connectivity index (χ3n) is 2.25. The standard InChI is InChI=1S/C12H18OSi/c1-10(13)8-11-6-5-7-12(9-11)14(2,3)4/h5-7,9H,8H2,1-4H3. The van der Waals surface area contributed by atoms with Gasteiger partial charge < -0.3 is 0 Å². The number of carbonyl (C=O) groups is 1. The Labute approximate surface area is 87.2 Å². The Morgan fingerprint density at radius 1 is 1.29 bits per heavy atom. The molecule has 1 aromatic carbocycles. The summed E-state index contributed by atoms with van der Waals surface area (Å²) in [7, 11) is -1.23. The molecule has 0 saturated carbocycles. The fourth-order valence-electron chi connectivity index (χ4n) is 1.44. The maximum absolute atomic E-state index is 11.0. The van der Waals surface area contributed by atoms with Gasteiger partial charge in [-0.05, 0) is 12.5 Å². The van der Waals surface area contributed by atoms with Crippen molar-refractivity contribution in [2.45, 2.75) is 33.0 Å². The lowest BCUT2D eigenvalue weighted by molar-refractivity contribution is -0.116. The molecular formula is C12H18OSi. The minimum atomic E-state index is -1.23. The van der Waals surface area contributed by atoms with Crippen LogP contribution in [0.4, 0.5) is 0 Å². The second-order valence-corrected chi connectivity index (χ2v) is 9.91. The van der Waals surface area contributed by atoms with E-state index in [1.165, 1.54) is 5.19 Å². The van der Waals surface area contributed by atoms with Gasteiger partial charge in [0.1, 0.15) is 5.78 Å². The van der Waals surface area contributed by atoms with Crippen LogP contribution in [-0.2, 0) is 11.2 Å².